The first-order valence-electron chi connectivity index (χ1n) is 5.30. The van der Waals surface area contributed by atoms with E-state index in [1.54, 1.807) is 19.4 Å². The van der Waals surface area contributed by atoms with Crippen molar-refractivity contribution in [2.24, 2.45) is 0 Å². The summed E-state index contributed by atoms with van der Waals surface area (Å²) in [4.78, 5) is 11.7. The summed E-state index contributed by atoms with van der Waals surface area (Å²) in [5.41, 5.74) is 0.233. The Labute approximate surface area is 105 Å². The van der Waals surface area contributed by atoms with Gasteiger partial charge in [0.05, 0.1) is 18.4 Å². The number of rotatable bonds is 7. The molecule has 0 saturated carbocycles. The number of anilines is 1. The van der Waals surface area contributed by atoms with Gasteiger partial charge in [0.25, 0.3) is 5.56 Å². The fraction of sp³-hybridized carbons (Fsp3) is 0.455. The van der Waals surface area contributed by atoms with Gasteiger partial charge in [-0.1, -0.05) is 17.7 Å². The zero-order valence-electron chi connectivity index (χ0n) is 9.78. The molecule has 0 amide bonds. The lowest BCUT2D eigenvalue weighted by atomic mass is 10.4. The highest BCUT2D eigenvalue weighted by Gasteiger charge is 2.07. The van der Waals surface area contributed by atoms with Crippen LogP contribution in [0.5, 0.6) is 0 Å². The predicted molar refractivity (Wildman–Crippen MR) is 68.7 cm³/mol. The lowest BCUT2D eigenvalue weighted by molar-refractivity contribution is 0.198. The minimum atomic E-state index is -0.316. The maximum Gasteiger partial charge on any atom is 0.287 e. The summed E-state index contributed by atoms with van der Waals surface area (Å²) in [6, 6.07) is 0. The molecule has 1 N–H and O–H groups in total. The van der Waals surface area contributed by atoms with Crippen molar-refractivity contribution < 1.29 is 4.74 Å². The fourth-order valence-corrected chi connectivity index (χ4v) is 1.49. The summed E-state index contributed by atoms with van der Waals surface area (Å²) in [5, 5.41) is 7.18. The average Bonchev–Trinajstić information content (AvgIpc) is 2.33. The molecule has 0 aliphatic rings. The zero-order chi connectivity index (χ0) is 12.7. The molecule has 94 valence electrons. The largest absolute Gasteiger partial charge is 0.385 e. The van der Waals surface area contributed by atoms with Crippen molar-refractivity contribution in [2.75, 3.05) is 25.6 Å². The highest BCUT2D eigenvalue weighted by atomic mass is 35.5. The van der Waals surface area contributed by atoms with Crippen molar-refractivity contribution in [1.29, 1.82) is 0 Å². The van der Waals surface area contributed by atoms with Crippen LogP contribution in [0.2, 0.25) is 5.02 Å². The number of methoxy groups -OCH3 is 1. The van der Waals surface area contributed by atoms with Gasteiger partial charge >= 0.3 is 0 Å². The third-order valence-electron chi connectivity index (χ3n) is 2.13. The number of allylic oxidation sites excluding steroid dienone is 1. The molecule has 0 unspecified atom stereocenters. The number of nitrogens with zero attached hydrogens (tertiary/aromatic N) is 2. The number of halogens is 1. The molecule has 0 aliphatic heterocycles. The van der Waals surface area contributed by atoms with Gasteiger partial charge in [0, 0.05) is 20.3 Å². The van der Waals surface area contributed by atoms with E-state index in [-0.39, 0.29) is 10.6 Å². The molecule has 0 aliphatic carbocycles. The van der Waals surface area contributed by atoms with Gasteiger partial charge in [-0.25, -0.2) is 4.68 Å². The fourth-order valence-electron chi connectivity index (χ4n) is 1.28. The van der Waals surface area contributed by atoms with Gasteiger partial charge in [0.2, 0.25) is 0 Å². The summed E-state index contributed by atoms with van der Waals surface area (Å²) in [6.07, 6.45) is 3.97. The Morgan fingerprint density at radius 2 is 2.47 bits per heavy atom. The molecule has 1 aromatic rings. The molecule has 0 fully saturated rings. The number of ether oxygens (including phenoxy) is 1. The van der Waals surface area contributed by atoms with Gasteiger partial charge in [-0.05, 0) is 6.42 Å². The average molecular weight is 258 g/mol. The van der Waals surface area contributed by atoms with E-state index in [4.69, 9.17) is 16.3 Å². The van der Waals surface area contributed by atoms with Crippen molar-refractivity contribution >= 4 is 17.3 Å². The van der Waals surface area contributed by atoms with Crippen molar-refractivity contribution in [3.8, 4) is 0 Å². The quantitative estimate of drug-likeness (QED) is 0.595. The van der Waals surface area contributed by atoms with E-state index < -0.39 is 0 Å². The van der Waals surface area contributed by atoms with E-state index in [0.717, 1.165) is 6.42 Å². The molecule has 0 bridgehead atoms. The van der Waals surface area contributed by atoms with E-state index in [2.05, 4.69) is 17.0 Å². The topological polar surface area (TPSA) is 56.1 Å². The summed E-state index contributed by atoms with van der Waals surface area (Å²) in [6.45, 7) is 5.24. The second kappa shape index (κ2) is 7.09. The second-order valence-electron chi connectivity index (χ2n) is 3.42. The Kier molecular flexibility index (Phi) is 5.72. The smallest absolute Gasteiger partial charge is 0.287 e. The van der Waals surface area contributed by atoms with Crippen LogP contribution in [0.3, 0.4) is 0 Å². The molecule has 0 radical (unpaired) electrons. The molecule has 6 heteroatoms. The van der Waals surface area contributed by atoms with Crippen LogP contribution in [0.15, 0.2) is 23.6 Å². The van der Waals surface area contributed by atoms with Crippen LogP contribution in [-0.2, 0) is 11.3 Å². The maximum atomic E-state index is 11.7. The second-order valence-corrected chi connectivity index (χ2v) is 3.80. The Morgan fingerprint density at radius 1 is 1.71 bits per heavy atom. The van der Waals surface area contributed by atoms with Gasteiger partial charge in [0.1, 0.15) is 5.02 Å². The molecule has 0 saturated heterocycles. The van der Waals surface area contributed by atoms with Crippen LogP contribution in [0, 0.1) is 0 Å². The summed E-state index contributed by atoms with van der Waals surface area (Å²) >= 11 is 5.95. The Morgan fingerprint density at radius 3 is 3.12 bits per heavy atom. The van der Waals surface area contributed by atoms with Crippen LogP contribution >= 0.6 is 11.6 Å². The minimum Gasteiger partial charge on any atom is -0.385 e. The first kappa shape index (κ1) is 13.7. The molecular weight excluding hydrogens is 242 g/mol. The van der Waals surface area contributed by atoms with Crippen molar-refractivity contribution in [3.05, 3.63) is 34.2 Å². The van der Waals surface area contributed by atoms with Crippen LogP contribution in [-0.4, -0.2) is 30.0 Å². The lowest BCUT2D eigenvalue weighted by Gasteiger charge is -2.08. The first-order valence-corrected chi connectivity index (χ1v) is 5.67. The minimum absolute atomic E-state index is 0.152. The van der Waals surface area contributed by atoms with Crippen molar-refractivity contribution in [2.45, 2.75) is 13.0 Å². The Balaban J connectivity index is 2.71. The molecule has 5 nitrogen and oxygen atoms in total. The highest BCUT2D eigenvalue weighted by molar-refractivity contribution is 6.32. The van der Waals surface area contributed by atoms with Crippen molar-refractivity contribution in [3.63, 3.8) is 0 Å². The summed E-state index contributed by atoms with van der Waals surface area (Å²) < 4.78 is 6.18. The number of nitrogens with one attached hydrogen (secondary N) is 1. The van der Waals surface area contributed by atoms with Gasteiger partial charge in [-0.3, -0.25) is 4.79 Å². The normalized spacial score (nSPS) is 10.2. The standard InChI is InChI=1S/C11H16ClN3O2/c1-3-6-15-11(16)10(12)9(8-14-15)13-5-4-7-17-2/h3,8,13H,1,4-7H2,2H3. The van der Waals surface area contributed by atoms with Gasteiger partial charge in [-0.2, -0.15) is 5.10 Å². The molecule has 1 heterocycles. The van der Waals surface area contributed by atoms with Crippen LogP contribution in [0.1, 0.15) is 6.42 Å². The van der Waals surface area contributed by atoms with Crippen LogP contribution in [0.4, 0.5) is 5.69 Å². The Hall–Kier alpha value is -1.33. The molecule has 0 spiro atoms. The van der Waals surface area contributed by atoms with Gasteiger partial charge < -0.3 is 10.1 Å². The SMILES string of the molecule is C=CCn1ncc(NCCCOC)c(Cl)c1=O. The van der Waals surface area contributed by atoms with Crippen LogP contribution in [0.25, 0.3) is 0 Å². The van der Waals surface area contributed by atoms with E-state index >= 15 is 0 Å². The lowest BCUT2D eigenvalue weighted by Crippen LogP contribution is -2.23. The molecule has 0 aromatic carbocycles. The van der Waals surface area contributed by atoms with E-state index in [9.17, 15) is 4.79 Å². The maximum absolute atomic E-state index is 11.7. The Bertz CT molecular complexity index is 431. The third-order valence-corrected chi connectivity index (χ3v) is 2.49. The molecular formula is C11H16ClN3O2. The zero-order valence-corrected chi connectivity index (χ0v) is 10.5. The molecule has 17 heavy (non-hydrogen) atoms. The van der Waals surface area contributed by atoms with Gasteiger partial charge in [-0.15, -0.1) is 6.58 Å². The summed E-state index contributed by atoms with van der Waals surface area (Å²) in [7, 11) is 1.64. The van der Waals surface area contributed by atoms with E-state index in [1.807, 2.05) is 0 Å². The van der Waals surface area contributed by atoms with Gasteiger partial charge in [0.15, 0.2) is 0 Å². The molecule has 1 aromatic heterocycles. The predicted octanol–water partition coefficient (Wildman–Crippen LogP) is 1.53. The van der Waals surface area contributed by atoms with Crippen LogP contribution < -0.4 is 10.9 Å². The van der Waals surface area contributed by atoms with E-state index in [0.29, 0.717) is 25.4 Å². The number of hydrogen-bond acceptors (Lipinski definition) is 4. The number of hydrogen-bond donors (Lipinski definition) is 1. The molecule has 0 atom stereocenters. The monoisotopic (exact) mass is 257 g/mol. The summed E-state index contributed by atoms with van der Waals surface area (Å²) in [5.74, 6) is 0. The van der Waals surface area contributed by atoms with E-state index in [1.165, 1.54) is 4.68 Å². The van der Waals surface area contributed by atoms with Crippen molar-refractivity contribution in [1.82, 2.24) is 9.78 Å². The highest BCUT2D eigenvalue weighted by Crippen LogP contribution is 2.14. The molecule has 1 rings (SSSR count). The first-order chi connectivity index (χ1) is 8.20. The number of aromatic nitrogens is 2. The third kappa shape index (κ3) is 3.87.